The summed E-state index contributed by atoms with van der Waals surface area (Å²) in [6.45, 7) is 0. The van der Waals surface area contributed by atoms with E-state index in [-0.39, 0.29) is 0 Å². The molecule has 106 valence electrons. The number of rotatable bonds is 6. The van der Waals surface area contributed by atoms with Crippen molar-refractivity contribution >= 4 is 34.3 Å². The van der Waals surface area contributed by atoms with Crippen molar-refractivity contribution in [2.24, 2.45) is 11.8 Å². The zero-order valence-electron chi connectivity index (χ0n) is 11.2. The molecule has 0 aliphatic heterocycles. The third-order valence-corrected chi connectivity index (χ3v) is 6.56. The second-order valence-corrected chi connectivity index (χ2v) is 8.68. The van der Waals surface area contributed by atoms with Crippen LogP contribution in [0.15, 0.2) is 29.6 Å². The summed E-state index contributed by atoms with van der Waals surface area (Å²) in [5.41, 5.74) is 0. The van der Waals surface area contributed by atoms with E-state index in [2.05, 4.69) is 28.9 Å². The van der Waals surface area contributed by atoms with Gasteiger partial charge in [-0.05, 0) is 61.1 Å². The van der Waals surface area contributed by atoms with Crippen molar-refractivity contribution in [1.29, 1.82) is 0 Å². The summed E-state index contributed by atoms with van der Waals surface area (Å²) in [7, 11) is 0. The third-order valence-electron chi connectivity index (χ3n) is 4.33. The number of nitrogens with one attached hydrogen (secondary N) is 1. The lowest BCUT2D eigenvalue weighted by Crippen LogP contribution is -2.36. The van der Waals surface area contributed by atoms with Crippen molar-refractivity contribution in [3.8, 4) is 0 Å². The monoisotopic (exact) mass is 323 g/mol. The number of halogens is 1. The standard InChI is InChI=1S/C16H18ClNS2/c17-14-8-7-13(20-14)16(12-2-1-9-19-12)18-15(10-3-4-10)11-5-6-11/h1-2,7-11,15-16,18H,3-6H2. The molecular weight excluding hydrogens is 306 g/mol. The molecule has 2 heterocycles. The molecule has 2 aliphatic rings. The van der Waals surface area contributed by atoms with Gasteiger partial charge < -0.3 is 5.32 Å². The molecule has 2 aromatic heterocycles. The maximum atomic E-state index is 6.15. The summed E-state index contributed by atoms with van der Waals surface area (Å²) in [5, 5.41) is 6.14. The molecule has 20 heavy (non-hydrogen) atoms. The molecule has 2 saturated carbocycles. The van der Waals surface area contributed by atoms with Crippen LogP contribution in [0.5, 0.6) is 0 Å². The fourth-order valence-corrected chi connectivity index (χ4v) is 5.02. The lowest BCUT2D eigenvalue weighted by atomic mass is 10.0. The predicted molar refractivity (Wildman–Crippen MR) is 87.9 cm³/mol. The first-order valence-electron chi connectivity index (χ1n) is 7.36. The minimum absolute atomic E-state index is 0.332. The summed E-state index contributed by atoms with van der Waals surface area (Å²) in [6.07, 6.45) is 5.65. The first kappa shape index (κ1) is 13.3. The second kappa shape index (κ2) is 5.45. The van der Waals surface area contributed by atoms with Crippen molar-refractivity contribution in [1.82, 2.24) is 5.32 Å². The van der Waals surface area contributed by atoms with Crippen molar-refractivity contribution in [2.75, 3.05) is 0 Å². The van der Waals surface area contributed by atoms with Gasteiger partial charge in [0.2, 0.25) is 0 Å². The van der Waals surface area contributed by atoms with Gasteiger partial charge in [0.15, 0.2) is 0 Å². The zero-order valence-corrected chi connectivity index (χ0v) is 13.6. The van der Waals surface area contributed by atoms with E-state index in [1.54, 1.807) is 11.3 Å². The van der Waals surface area contributed by atoms with Gasteiger partial charge in [-0.25, -0.2) is 0 Å². The minimum atomic E-state index is 0.332. The van der Waals surface area contributed by atoms with E-state index in [0.717, 1.165) is 16.2 Å². The summed E-state index contributed by atoms with van der Waals surface area (Å²) >= 11 is 9.70. The van der Waals surface area contributed by atoms with Crippen molar-refractivity contribution in [2.45, 2.75) is 37.8 Å². The Balaban J connectivity index is 1.60. The van der Waals surface area contributed by atoms with Gasteiger partial charge >= 0.3 is 0 Å². The molecule has 0 aromatic carbocycles. The van der Waals surface area contributed by atoms with Crippen LogP contribution in [0, 0.1) is 11.8 Å². The third kappa shape index (κ3) is 2.82. The lowest BCUT2D eigenvalue weighted by Gasteiger charge is -2.24. The van der Waals surface area contributed by atoms with Crippen LogP contribution < -0.4 is 5.32 Å². The minimum Gasteiger partial charge on any atom is -0.302 e. The molecule has 0 radical (unpaired) electrons. The van der Waals surface area contributed by atoms with E-state index in [0.29, 0.717) is 12.1 Å². The molecule has 1 N–H and O–H groups in total. The van der Waals surface area contributed by atoms with Crippen LogP contribution in [0.1, 0.15) is 41.5 Å². The van der Waals surface area contributed by atoms with E-state index in [1.807, 2.05) is 17.4 Å². The Morgan fingerprint density at radius 1 is 1.05 bits per heavy atom. The van der Waals surface area contributed by atoms with Crippen LogP contribution in [0.4, 0.5) is 0 Å². The quantitative estimate of drug-likeness (QED) is 0.757. The normalized spacial score (nSPS) is 20.5. The first-order valence-corrected chi connectivity index (χ1v) is 9.43. The van der Waals surface area contributed by atoms with Crippen LogP contribution in [0.25, 0.3) is 0 Å². The summed E-state index contributed by atoms with van der Waals surface area (Å²) in [6, 6.07) is 9.63. The van der Waals surface area contributed by atoms with Crippen LogP contribution in [-0.2, 0) is 0 Å². The van der Waals surface area contributed by atoms with Gasteiger partial charge in [-0.15, -0.1) is 22.7 Å². The Kier molecular flexibility index (Phi) is 3.63. The lowest BCUT2D eigenvalue weighted by molar-refractivity contribution is 0.393. The van der Waals surface area contributed by atoms with Crippen LogP contribution in [0.3, 0.4) is 0 Å². The fourth-order valence-electron chi connectivity index (χ4n) is 3.00. The molecule has 0 saturated heterocycles. The molecule has 2 fully saturated rings. The van der Waals surface area contributed by atoms with E-state index < -0.39 is 0 Å². The smallest absolute Gasteiger partial charge is 0.0931 e. The molecule has 0 bridgehead atoms. The summed E-state index contributed by atoms with van der Waals surface area (Å²) in [4.78, 5) is 2.76. The highest BCUT2D eigenvalue weighted by Crippen LogP contribution is 2.46. The molecule has 2 aromatic rings. The molecule has 0 spiro atoms. The van der Waals surface area contributed by atoms with Crippen molar-refractivity contribution in [3.05, 3.63) is 43.7 Å². The highest BCUT2D eigenvalue weighted by Gasteiger charge is 2.42. The Bertz CT molecular complexity index is 557. The highest BCUT2D eigenvalue weighted by molar-refractivity contribution is 7.16. The summed E-state index contributed by atoms with van der Waals surface area (Å²) < 4.78 is 0.887. The topological polar surface area (TPSA) is 12.0 Å². The van der Waals surface area contributed by atoms with E-state index in [4.69, 9.17) is 11.6 Å². The van der Waals surface area contributed by atoms with Gasteiger partial charge in [-0.3, -0.25) is 0 Å². The van der Waals surface area contributed by atoms with Crippen LogP contribution in [-0.4, -0.2) is 6.04 Å². The maximum Gasteiger partial charge on any atom is 0.0931 e. The number of hydrogen-bond donors (Lipinski definition) is 1. The molecule has 4 rings (SSSR count). The van der Waals surface area contributed by atoms with Gasteiger partial charge in [0, 0.05) is 15.8 Å². The number of hydrogen-bond acceptors (Lipinski definition) is 3. The molecular formula is C16H18ClNS2. The van der Waals surface area contributed by atoms with Crippen molar-refractivity contribution in [3.63, 3.8) is 0 Å². The average Bonchev–Trinajstić information content (AvgIpc) is 3.36. The van der Waals surface area contributed by atoms with E-state index in [9.17, 15) is 0 Å². The maximum absolute atomic E-state index is 6.15. The number of thiophene rings is 2. The van der Waals surface area contributed by atoms with Crippen LogP contribution in [0.2, 0.25) is 4.34 Å². The molecule has 0 amide bonds. The molecule has 2 aliphatic carbocycles. The predicted octanol–water partition coefficient (Wildman–Crippen LogP) is 5.33. The average molecular weight is 324 g/mol. The molecule has 1 nitrogen and oxygen atoms in total. The molecule has 4 heteroatoms. The zero-order chi connectivity index (χ0) is 13.5. The Hall–Kier alpha value is -0.350. The van der Waals surface area contributed by atoms with E-state index in [1.165, 1.54) is 35.4 Å². The summed E-state index contributed by atoms with van der Waals surface area (Å²) in [5.74, 6) is 1.83. The van der Waals surface area contributed by atoms with Gasteiger partial charge in [0.05, 0.1) is 10.4 Å². The van der Waals surface area contributed by atoms with Crippen molar-refractivity contribution < 1.29 is 0 Å². The van der Waals surface area contributed by atoms with Gasteiger partial charge in [-0.1, -0.05) is 17.7 Å². The fraction of sp³-hybridized carbons (Fsp3) is 0.500. The Morgan fingerprint density at radius 3 is 2.30 bits per heavy atom. The largest absolute Gasteiger partial charge is 0.302 e. The molecule has 1 atom stereocenters. The SMILES string of the molecule is Clc1ccc(C(NC(C2CC2)C2CC2)c2cccs2)s1. The van der Waals surface area contributed by atoms with Crippen LogP contribution >= 0.6 is 34.3 Å². The Labute approximate surface area is 133 Å². The van der Waals surface area contributed by atoms with E-state index >= 15 is 0 Å². The van der Waals surface area contributed by atoms with Gasteiger partial charge in [0.25, 0.3) is 0 Å². The first-order chi connectivity index (χ1) is 9.81. The van der Waals surface area contributed by atoms with Gasteiger partial charge in [0.1, 0.15) is 0 Å². The second-order valence-electron chi connectivity index (χ2n) is 5.96. The highest BCUT2D eigenvalue weighted by atomic mass is 35.5. The molecule has 1 unspecified atom stereocenters. The van der Waals surface area contributed by atoms with Gasteiger partial charge in [-0.2, -0.15) is 0 Å². The Morgan fingerprint density at radius 2 is 1.80 bits per heavy atom.